The first kappa shape index (κ1) is 11.0. The molecule has 13 heavy (non-hydrogen) atoms. The van der Waals surface area contributed by atoms with E-state index in [1.807, 2.05) is 0 Å². The zero-order valence-electron chi connectivity index (χ0n) is 9.55. The van der Waals surface area contributed by atoms with Gasteiger partial charge in [0.2, 0.25) is 0 Å². The molecule has 1 saturated heterocycles. The topological polar surface area (TPSA) is 3.24 Å². The molecule has 0 aromatic heterocycles. The molecular weight excluding hydrogens is 158 g/mol. The third kappa shape index (κ3) is 3.68. The van der Waals surface area contributed by atoms with Gasteiger partial charge in [0.1, 0.15) is 0 Å². The zero-order valence-corrected chi connectivity index (χ0v) is 9.55. The highest BCUT2D eigenvalue weighted by atomic mass is 15.1. The molecule has 0 N–H and O–H groups in total. The maximum absolute atomic E-state index is 2.67. The molecule has 0 bridgehead atoms. The molecule has 0 radical (unpaired) electrons. The van der Waals surface area contributed by atoms with Gasteiger partial charge >= 0.3 is 0 Å². The average molecular weight is 183 g/mol. The van der Waals surface area contributed by atoms with Crippen molar-refractivity contribution in [2.45, 2.75) is 46.5 Å². The van der Waals surface area contributed by atoms with E-state index >= 15 is 0 Å². The summed E-state index contributed by atoms with van der Waals surface area (Å²) in [6.07, 6.45) is 5.56. The first-order chi connectivity index (χ1) is 6.26. The molecule has 1 unspecified atom stereocenters. The number of likely N-dealkylation sites (tertiary alicyclic amines) is 1. The molecule has 1 atom stereocenters. The van der Waals surface area contributed by atoms with Crippen molar-refractivity contribution < 1.29 is 0 Å². The first-order valence-corrected chi connectivity index (χ1v) is 5.98. The van der Waals surface area contributed by atoms with Crippen LogP contribution in [0.3, 0.4) is 0 Å². The zero-order chi connectivity index (χ0) is 9.68. The normalized spacial score (nSPS) is 25.4. The Morgan fingerprint density at radius 2 is 2.00 bits per heavy atom. The molecule has 1 nitrogen and oxygen atoms in total. The monoisotopic (exact) mass is 183 g/mol. The minimum Gasteiger partial charge on any atom is -0.303 e. The quantitative estimate of drug-likeness (QED) is 0.647. The van der Waals surface area contributed by atoms with E-state index in [0.717, 1.165) is 11.8 Å². The maximum atomic E-state index is 2.67. The number of rotatable bonds is 4. The van der Waals surface area contributed by atoms with Crippen LogP contribution in [0.15, 0.2) is 0 Å². The Bertz CT molecular complexity index is 129. The van der Waals surface area contributed by atoms with Gasteiger partial charge in [0, 0.05) is 13.1 Å². The molecule has 0 amide bonds. The van der Waals surface area contributed by atoms with E-state index in [1.54, 1.807) is 0 Å². The lowest BCUT2D eigenvalue weighted by atomic mass is 9.97. The molecule has 78 valence electrons. The van der Waals surface area contributed by atoms with Gasteiger partial charge in [-0.2, -0.15) is 0 Å². The Hall–Kier alpha value is -0.0400. The van der Waals surface area contributed by atoms with Crippen LogP contribution in [0.2, 0.25) is 0 Å². The summed E-state index contributed by atoms with van der Waals surface area (Å²) in [6.45, 7) is 11.1. The van der Waals surface area contributed by atoms with Crippen molar-refractivity contribution in [2.75, 3.05) is 19.6 Å². The lowest BCUT2D eigenvalue weighted by molar-refractivity contribution is 0.155. The van der Waals surface area contributed by atoms with E-state index in [-0.39, 0.29) is 0 Å². The average Bonchev–Trinajstić information content (AvgIpc) is 2.14. The minimum absolute atomic E-state index is 0.933. The highest BCUT2D eigenvalue weighted by molar-refractivity contribution is 4.72. The van der Waals surface area contributed by atoms with Gasteiger partial charge in [-0.05, 0) is 31.2 Å². The molecule has 1 rings (SSSR count). The predicted molar refractivity (Wildman–Crippen MR) is 58.9 cm³/mol. The third-order valence-corrected chi connectivity index (χ3v) is 3.41. The second kappa shape index (κ2) is 5.64. The van der Waals surface area contributed by atoms with E-state index in [1.165, 1.54) is 45.3 Å². The Morgan fingerprint density at radius 3 is 2.54 bits per heavy atom. The SMILES string of the molecule is CCC(CC)CN1CCCC(C)C1. The number of hydrogen-bond donors (Lipinski definition) is 0. The third-order valence-electron chi connectivity index (χ3n) is 3.41. The Morgan fingerprint density at radius 1 is 1.31 bits per heavy atom. The lowest BCUT2D eigenvalue weighted by Gasteiger charge is -2.33. The highest BCUT2D eigenvalue weighted by Crippen LogP contribution is 2.18. The Labute approximate surface area is 83.5 Å². The van der Waals surface area contributed by atoms with Crippen molar-refractivity contribution >= 4 is 0 Å². The van der Waals surface area contributed by atoms with Crippen LogP contribution < -0.4 is 0 Å². The molecule has 1 fully saturated rings. The summed E-state index contributed by atoms with van der Waals surface area (Å²) in [5, 5.41) is 0. The van der Waals surface area contributed by atoms with Crippen LogP contribution in [0.4, 0.5) is 0 Å². The van der Waals surface area contributed by atoms with Crippen LogP contribution in [-0.2, 0) is 0 Å². The van der Waals surface area contributed by atoms with E-state index in [9.17, 15) is 0 Å². The van der Waals surface area contributed by atoms with Crippen LogP contribution in [0, 0.1) is 11.8 Å². The number of nitrogens with zero attached hydrogens (tertiary/aromatic N) is 1. The summed E-state index contributed by atoms with van der Waals surface area (Å²) in [5.74, 6) is 1.87. The van der Waals surface area contributed by atoms with Crippen LogP contribution in [0.5, 0.6) is 0 Å². The molecule has 0 aromatic rings. The Balaban J connectivity index is 2.26. The van der Waals surface area contributed by atoms with E-state index in [4.69, 9.17) is 0 Å². The summed E-state index contributed by atoms with van der Waals surface area (Å²) in [6, 6.07) is 0. The summed E-state index contributed by atoms with van der Waals surface area (Å²) in [4.78, 5) is 2.67. The molecule has 0 aliphatic carbocycles. The summed E-state index contributed by atoms with van der Waals surface area (Å²) in [7, 11) is 0. The fraction of sp³-hybridized carbons (Fsp3) is 1.00. The van der Waals surface area contributed by atoms with Crippen LogP contribution in [-0.4, -0.2) is 24.5 Å². The van der Waals surface area contributed by atoms with Gasteiger partial charge < -0.3 is 4.90 Å². The highest BCUT2D eigenvalue weighted by Gasteiger charge is 2.18. The van der Waals surface area contributed by atoms with Crippen molar-refractivity contribution in [3.05, 3.63) is 0 Å². The van der Waals surface area contributed by atoms with Crippen LogP contribution in [0.25, 0.3) is 0 Å². The Kier molecular flexibility index (Phi) is 4.79. The number of hydrogen-bond acceptors (Lipinski definition) is 1. The molecule has 1 heteroatoms. The van der Waals surface area contributed by atoms with E-state index in [2.05, 4.69) is 25.7 Å². The molecule has 0 saturated carbocycles. The van der Waals surface area contributed by atoms with Crippen molar-refractivity contribution in [2.24, 2.45) is 11.8 Å². The van der Waals surface area contributed by atoms with Gasteiger partial charge in [-0.3, -0.25) is 0 Å². The van der Waals surface area contributed by atoms with Crippen LogP contribution >= 0.6 is 0 Å². The smallest absolute Gasteiger partial charge is 0.000957 e. The lowest BCUT2D eigenvalue weighted by Crippen LogP contribution is -2.37. The second-order valence-electron chi connectivity index (χ2n) is 4.69. The maximum Gasteiger partial charge on any atom is 0.000957 e. The minimum atomic E-state index is 0.933. The second-order valence-corrected chi connectivity index (χ2v) is 4.69. The molecular formula is C12H25N. The van der Waals surface area contributed by atoms with Gasteiger partial charge in [0.15, 0.2) is 0 Å². The predicted octanol–water partition coefficient (Wildman–Crippen LogP) is 3.15. The van der Waals surface area contributed by atoms with Crippen molar-refractivity contribution in [3.63, 3.8) is 0 Å². The summed E-state index contributed by atoms with van der Waals surface area (Å²) in [5.41, 5.74) is 0. The summed E-state index contributed by atoms with van der Waals surface area (Å²) < 4.78 is 0. The molecule has 1 heterocycles. The van der Waals surface area contributed by atoms with Crippen molar-refractivity contribution in [3.8, 4) is 0 Å². The fourth-order valence-corrected chi connectivity index (χ4v) is 2.36. The van der Waals surface area contributed by atoms with Crippen molar-refractivity contribution in [1.82, 2.24) is 4.90 Å². The van der Waals surface area contributed by atoms with Crippen molar-refractivity contribution in [1.29, 1.82) is 0 Å². The van der Waals surface area contributed by atoms with Gasteiger partial charge in [0.05, 0.1) is 0 Å². The molecule has 1 aliphatic rings. The largest absolute Gasteiger partial charge is 0.303 e. The van der Waals surface area contributed by atoms with E-state index < -0.39 is 0 Å². The first-order valence-electron chi connectivity index (χ1n) is 5.98. The van der Waals surface area contributed by atoms with Gasteiger partial charge in [-0.25, -0.2) is 0 Å². The van der Waals surface area contributed by atoms with Crippen LogP contribution in [0.1, 0.15) is 46.5 Å². The fourth-order valence-electron chi connectivity index (χ4n) is 2.36. The summed E-state index contributed by atoms with van der Waals surface area (Å²) >= 11 is 0. The molecule has 0 spiro atoms. The molecule has 0 aromatic carbocycles. The van der Waals surface area contributed by atoms with Gasteiger partial charge in [-0.15, -0.1) is 0 Å². The number of piperidine rings is 1. The van der Waals surface area contributed by atoms with E-state index in [0.29, 0.717) is 0 Å². The van der Waals surface area contributed by atoms with Gasteiger partial charge in [-0.1, -0.05) is 33.6 Å². The van der Waals surface area contributed by atoms with Gasteiger partial charge in [0.25, 0.3) is 0 Å². The molecule has 1 aliphatic heterocycles. The standard InChI is InChI=1S/C12H25N/c1-4-12(5-2)10-13-8-6-7-11(3)9-13/h11-12H,4-10H2,1-3H3.